The van der Waals surface area contributed by atoms with Gasteiger partial charge in [0.05, 0.1) is 0 Å². The van der Waals surface area contributed by atoms with Crippen LogP contribution in [0.1, 0.15) is 26.6 Å². The van der Waals surface area contributed by atoms with Gasteiger partial charge in [-0.15, -0.1) is 11.3 Å². The maximum Gasteiger partial charge on any atom is 0.278 e. The first-order valence-corrected chi connectivity index (χ1v) is 6.56. The average molecular weight is 263 g/mol. The smallest absolute Gasteiger partial charge is 0.278 e. The third-order valence-corrected chi connectivity index (χ3v) is 3.69. The van der Waals surface area contributed by atoms with Crippen LogP contribution in [-0.2, 0) is 13.0 Å². The third-order valence-electron chi connectivity index (χ3n) is 2.86. The largest absolute Gasteiger partial charge is 0.312 e. The van der Waals surface area contributed by atoms with Crippen molar-refractivity contribution in [2.24, 2.45) is 0 Å². The minimum absolute atomic E-state index is 0.203. The summed E-state index contributed by atoms with van der Waals surface area (Å²) in [7, 11) is 0. The molecule has 0 saturated carbocycles. The molecule has 0 bridgehead atoms. The molecule has 1 aliphatic heterocycles. The van der Waals surface area contributed by atoms with E-state index in [0.29, 0.717) is 17.4 Å². The van der Waals surface area contributed by atoms with Crippen molar-refractivity contribution in [3.05, 3.63) is 28.0 Å². The van der Waals surface area contributed by atoms with Gasteiger partial charge < -0.3 is 5.32 Å². The molecular weight excluding hydrogens is 250 g/mol. The number of hydrogen-bond acceptors (Lipinski definition) is 5. The Hall–Kier alpha value is -1.73. The van der Waals surface area contributed by atoms with Crippen LogP contribution in [-0.4, -0.2) is 27.6 Å². The number of rotatable bonds is 2. The second-order valence-electron chi connectivity index (χ2n) is 4.19. The normalized spacial score (nSPS) is 14.3. The van der Waals surface area contributed by atoms with Crippen LogP contribution < -0.4 is 10.6 Å². The van der Waals surface area contributed by atoms with E-state index in [-0.39, 0.29) is 5.91 Å². The molecule has 0 fully saturated rings. The Bertz CT molecular complexity index is 588. The van der Waals surface area contributed by atoms with E-state index < -0.39 is 0 Å². The highest BCUT2D eigenvalue weighted by molar-refractivity contribution is 7.15. The molecule has 0 aromatic carbocycles. The molecule has 0 atom stereocenters. The lowest BCUT2D eigenvalue weighted by Gasteiger charge is -2.12. The molecule has 2 aromatic rings. The average Bonchev–Trinajstić information content (AvgIpc) is 2.95. The topological polar surface area (TPSA) is 82.7 Å². The molecule has 0 radical (unpaired) electrons. The van der Waals surface area contributed by atoms with Gasteiger partial charge in [-0.2, -0.15) is 5.10 Å². The summed E-state index contributed by atoms with van der Waals surface area (Å²) in [5, 5.41) is 13.7. The van der Waals surface area contributed by atoms with Crippen molar-refractivity contribution in [1.29, 1.82) is 0 Å². The zero-order valence-electron chi connectivity index (χ0n) is 9.91. The highest BCUT2D eigenvalue weighted by Crippen LogP contribution is 2.20. The van der Waals surface area contributed by atoms with Crippen LogP contribution in [0.4, 0.5) is 5.13 Å². The first kappa shape index (κ1) is 11.4. The summed E-state index contributed by atoms with van der Waals surface area (Å²) in [6, 6.07) is 0. The predicted molar refractivity (Wildman–Crippen MR) is 68.8 cm³/mol. The fourth-order valence-corrected chi connectivity index (χ4v) is 2.64. The fourth-order valence-electron chi connectivity index (χ4n) is 1.98. The third kappa shape index (κ3) is 2.02. The molecule has 6 nitrogen and oxygen atoms in total. The molecule has 7 heteroatoms. The Kier molecular flexibility index (Phi) is 2.85. The number of H-pyrrole nitrogens is 1. The monoisotopic (exact) mass is 263 g/mol. The minimum Gasteiger partial charge on any atom is -0.312 e. The number of nitrogens with one attached hydrogen (secondary N) is 3. The van der Waals surface area contributed by atoms with Crippen LogP contribution in [0.25, 0.3) is 0 Å². The fraction of sp³-hybridized carbons (Fsp3) is 0.364. The number of thiazole rings is 1. The summed E-state index contributed by atoms with van der Waals surface area (Å²) in [6.45, 7) is 3.56. The molecule has 0 spiro atoms. The van der Waals surface area contributed by atoms with Crippen LogP contribution in [0.5, 0.6) is 0 Å². The number of amides is 1. The van der Waals surface area contributed by atoms with E-state index in [4.69, 9.17) is 0 Å². The van der Waals surface area contributed by atoms with Gasteiger partial charge in [0.2, 0.25) is 0 Å². The Balaban J connectivity index is 1.82. The second kappa shape index (κ2) is 4.51. The molecule has 0 aliphatic carbocycles. The molecule has 0 unspecified atom stereocenters. The number of aromatic nitrogens is 3. The van der Waals surface area contributed by atoms with E-state index in [9.17, 15) is 4.79 Å². The molecule has 0 saturated heterocycles. The predicted octanol–water partition coefficient (Wildman–Crippen LogP) is 1.07. The van der Waals surface area contributed by atoms with E-state index in [2.05, 4.69) is 25.8 Å². The molecule has 3 heterocycles. The van der Waals surface area contributed by atoms with Crippen molar-refractivity contribution in [1.82, 2.24) is 20.5 Å². The van der Waals surface area contributed by atoms with Crippen LogP contribution in [0.3, 0.4) is 0 Å². The summed E-state index contributed by atoms with van der Waals surface area (Å²) in [5.74, 6) is -0.203. The molecule has 94 valence electrons. The van der Waals surface area contributed by atoms with Crippen molar-refractivity contribution < 1.29 is 4.79 Å². The van der Waals surface area contributed by atoms with Gasteiger partial charge in [0, 0.05) is 41.8 Å². The number of anilines is 1. The molecular formula is C11H13N5OS. The zero-order chi connectivity index (χ0) is 12.5. The van der Waals surface area contributed by atoms with Gasteiger partial charge in [0.15, 0.2) is 10.8 Å². The van der Waals surface area contributed by atoms with E-state index >= 15 is 0 Å². The standard InChI is InChI=1S/C11H13N5OS/c1-6-4-13-11(18-6)14-10(17)9-7-5-12-3-2-8(7)15-16-9/h4,12H,2-3,5H2,1H3,(H,15,16)(H,13,14,17). The SMILES string of the molecule is Cc1cnc(NC(=O)c2n[nH]c3c2CNCC3)s1. The van der Waals surface area contributed by atoms with Crippen LogP contribution >= 0.6 is 11.3 Å². The number of aromatic amines is 1. The van der Waals surface area contributed by atoms with Crippen molar-refractivity contribution in [3.8, 4) is 0 Å². The van der Waals surface area contributed by atoms with E-state index in [1.54, 1.807) is 6.20 Å². The molecule has 1 amide bonds. The zero-order valence-corrected chi connectivity index (χ0v) is 10.7. The second-order valence-corrected chi connectivity index (χ2v) is 5.42. The van der Waals surface area contributed by atoms with Gasteiger partial charge in [0.1, 0.15) is 0 Å². The Morgan fingerprint density at radius 2 is 2.44 bits per heavy atom. The van der Waals surface area contributed by atoms with Crippen molar-refractivity contribution in [3.63, 3.8) is 0 Å². The summed E-state index contributed by atoms with van der Waals surface area (Å²) in [5.41, 5.74) is 2.48. The van der Waals surface area contributed by atoms with Gasteiger partial charge in [0.25, 0.3) is 5.91 Å². The van der Waals surface area contributed by atoms with Crippen LogP contribution in [0.15, 0.2) is 6.20 Å². The summed E-state index contributed by atoms with van der Waals surface area (Å²) in [6.07, 6.45) is 2.62. The Morgan fingerprint density at radius 1 is 1.56 bits per heavy atom. The highest BCUT2D eigenvalue weighted by atomic mass is 32.1. The number of carbonyl (C=O) groups excluding carboxylic acids is 1. The van der Waals surface area contributed by atoms with E-state index in [1.165, 1.54) is 11.3 Å². The number of hydrogen-bond donors (Lipinski definition) is 3. The lowest BCUT2D eigenvalue weighted by Crippen LogP contribution is -2.25. The minimum atomic E-state index is -0.203. The summed E-state index contributed by atoms with van der Waals surface area (Å²) >= 11 is 1.45. The van der Waals surface area contributed by atoms with Crippen molar-refractivity contribution in [2.75, 3.05) is 11.9 Å². The number of aryl methyl sites for hydroxylation is 1. The molecule has 1 aliphatic rings. The Morgan fingerprint density at radius 3 is 3.22 bits per heavy atom. The number of carbonyl (C=O) groups is 1. The first-order valence-electron chi connectivity index (χ1n) is 5.74. The molecule has 2 aromatic heterocycles. The van der Waals surface area contributed by atoms with Crippen molar-refractivity contribution >= 4 is 22.4 Å². The van der Waals surface area contributed by atoms with E-state index in [0.717, 1.165) is 29.1 Å². The van der Waals surface area contributed by atoms with Gasteiger partial charge in [-0.3, -0.25) is 15.2 Å². The maximum atomic E-state index is 12.1. The van der Waals surface area contributed by atoms with Crippen LogP contribution in [0, 0.1) is 6.92 Å². The highest BCUT2D eigenvalue weighted by Gasteiger charge is 2.21. The van der Waals surface area contributed by atoms with Gasteiger partial charge >= 0.3 is 0 Å². The summed E-state index contributed by atoms with van der Waals surface area (Å²) in [4.78, 5) is 17.3. The maximum absolute atomic E-state index is 12.1. The van der Waals surface area contributed by atoms with Crippen LogP contribution in [0.2, 0.25) is 0 Å². The number of fused-ring (bicyclic) bond motifs is 1. The van der Waals surface area contributed by atoms with Crippen molar-refractivity contribution in [2.45, 2.75) is 19.9 Å². The van der Waals surface area contributed by atoms with E-state index in [1.807, 2.05) is 6.92 Å². The molecule has 3 N–H and O–H groups in total. The number of nitrogens with zero attached hydrogens (tertiary/aromatic N) is 2. The molecule has 18 heavy (non-hydrogen) atoms. The lowest BCUT2D eigenvalue weighted by molar-refractivity contribution is 0.102. The van der Waals surface area contributed by atoms with Gasteiger partial charge in [-0.1, -0.05) is 0 Å². The van der Waals surface area contributed by atoms with Gasteiger partial charge in [-0.05, 0) is 6.92 Å². The first-order chi connectivity index (χ1) is 8.74. The lowest BCUT2D eigenvalue weighted by atomic mass is 10.1. The molecule has 3 rings (SSSR count). The van der Waals surface area contributed by atoms with Gasteiger partial charge in [-0.25, -0.2) is 4.98 Å². The quantitative estimate of drug-likeness (QED) is 0.757. The summed E-state index contributed by atoms with van der Waals surface area (Å²) < 4.78 is 0. The Labute approximate surface area is 108 Å².